The van der Waals surface area contributed by atoms with Crippen LogP contribution in [-0.4, -0.2) is 55.1 Å². The van der Waals surface area contributed by atoms with Crippen LogP contribution in [0.2, 0.25) is 0 Å². The van der Waals surface area contributed by atoms with Gasteiger partial charge in [-0.3, -0.25) is 19.8 Å². The third-order valence-corrected chi connectivity index (χ3v) is 4.67. The van der Waals surface area contributed by atoms with Crippen molar-refractivity contribution in [1.82, 2.24) is 4.90 Å². The Kier molecular flexibility index (Phi) is 5.11. The maximum absolute atomic E-state index is 12.6. The zero-order valence-corrected chi connectivity index (χ0v) is 13.9. The average Bonchev–Trinajstić information content (AvgIpc) is 2.98. The summed E-state index contributed by atoms with van der Waals surface area (Å²) in [5, 5.41) is 11.0. The van der Waals surface area contributed by atoms with E-state index in [4.69, 9.17) is 4.74 Å². The number of nitrogens with zero attached hydrogens (tertiary/aromatic N) is 3. The number of nitro benzene ring substituents is 1. The number of anilines is 1. The maximum Gasteiger partial charge on any atom is 0.271 e. The molecule has 1 aromatic rings. The van der Waals surface area contributed by atoms with Crippen molar-refractivity contribution in [2.75, 3.05) is 38.2 Å². The van der Waals surface area contributed by atoms with Gasteiger partial charge in [0.25, 0.3) is 5.69 Å². The van der Waals surface area contributed by atoms with Crippen molar-refractivity contribution >= 4 is 17.3 Å². The molecule has 1 fully saturated rings. The van der Waals surface area contributed by atoms with Crippen LogP contribution in [-0.2, 0) is 16.0 Å². The van der Waals surface area contributed by atoms with Crippen molar-refractivity contribution in [3.63, 3.8) is 0 Å². The molecule has 0 saturated carbocycles. The first-order chi connectivity index (χ1) is 11.5. The lowest BCUT2D eigenvalue weighted by Crippen LogP contribution is -2.41. The lowest BCUT2D eigenvalue weighted by atomic mass is 10.1. The first kappa shape index (κ1) is 16.9. The minimum atomic E-state index is -0.423. The molecule has 0 radical (unpaired) electrons. The second-order valence-electron chi connectivity index (χ2n) is 6.55. The molecule has 0 bridgehead atoms. The molecule has 1 saturated heterocycles. The van der Waals surface area contributed by atoms with E-state index in [1.807, 2.05) is 11.9 Å². The quantitative estimate of drug-likeness (QED) is 0.608. The number of hydrogen-bond acceptors (Lipinski definition) is 5. The van der Waals surface area contributed by atoms with Crippen LogP contribution < -0.4 is 4.90 Å². The predicted octanol–water partition coefficient (Wildman–Crippen LogP) is 1.98. The van der Waals surface area contributed by atoms with Gasteiger partial charge in [-0.2, -0.15) is 0 Å². The standard InChI is InChI=1S/C17H23N3O4/c1-18(11-15-4-2-3-9-24-15)12-17(21)19-8-7-13-5-6-14(20(22)23)10-16(13)19/h5-6,10,15H,2-4,7-9,11-12H2,1H3. The molecule has 130 valence electrons. The highest BCUT2D eigenvalue weighted by Gasteiger charge is 2.27. The molecule has 2 heterocycles. The van der Waals surface area contributed by atoms with E-state index in [2.05, 4.69) is 0 Å². The topological polar surface area (TPSA) is 75.9 Å². The average molecular weight is 333 g/mol. The van der Waals surface area contributed by atoms with Gasteiger partial charge >= 0.3 is 0 Å². The zero-order valence-electron chi connectivity index (χ0n) is 13.9. The summed E-state index contributed by atoms with van der Waals surface area (Å²) in [5.74, 6) is -0.0208. The first-order valence-electron chi connectivity index (χ1n) is 8.42. The molecule has 1 amide bonds. The van der Waals surface area contributed by atoms with Gasteiger partial charge in [0.2, 0.25) is 5.91 Å². The van der Waals surface area contributed by atoms with Crippen LogP contribution in [0.25, 0.3) is 0 Å². The Balaban J connectivity index is 1.62. The van der Waals surface area contributed by atoms with E-state index in [1.54, 1.807) is 11.0 Å². The van der Waals surface area contributed by atoms with Crippen molar-refractivity contribution < 1.29 is 14.5 Å². The van der Waals surface area contributed by atoms with Gasteiger partial charge in [0, 0.05) is 31.8 Å². The highest BCUT2D eigenvalue weighted by atomic mass is 16.6. The predicted molar refractivity (Wildman–Crippen MR) is 90.2 cm³/mol. The summed E-state index contributed by atoms with van der Waals surface area (Å²) in [6.45, 7) is 2.42. The molecule has 2 aliphatic heterocycles. The fourth-order valence-corrected chi connectivity index (χ4v) is 3.42. The second-order valence-corrected chi connectivity index (χ2v) is 6.55. The van der Waals surface area contributed by atoms with E-state index >= 15 is 0 Å². The summed E-state index contributed by atoms with van der Waals surface area (Å²) in [5.41, 5.74) is 1.70. The molecule has 0 spiro atoms. The number of nitro groups is 1. The molecule has 1 aromatic carbocycles. The minimum Gasteiger partial charge on any atom is -0.377 e. The van der Waals surface area contributed by atoms with E-state index in [0.29, 0.717) is 18.8 Å². The summed E-state index contributed by atoms with van der Waals surface area (Å²) in [6, 6.07) is 4.75. The van der Waals surface area contributed by atoms with Gasteiger partial charge in [-0.25, -0.2) is 0 Å². The molecule has 0 aromatic heterocycles. The molecule has 1 unspecified atom stereocenters. The molecule has 7 nitrogen and oxygen atoms in total. The molecule has 3 rings (SSSR count). The fraction of sp³-hybridized carbons (Fsp3) is 0.588. The second kappa shape index (κ2) is 7.27. The van der Waals surface area contributed by atoms with E-state index in [0.717, 1.165) is 38.0 Å². The maximum atomic E-state index is 12.6. The molecule has 7 heteroatoms. The van der Waals surface area contributed by atoms with Crippen LogP contribution in [0.1, 0.15) is 24.8 Å². The van der Waals surface area contributed by atoms with E-state index in [9.17, 15) is 14.9 Å². The van der Waals surface area contributed by atoms with Gasteiger partial charge in [-0.1, -0.05) is 6.07 Å². The summed E-state index contributed by atoms with van der Waals surface area (Å²) in [6.07, 6.45) is 4.27. The van der Waals surface area contributed by atoms with E-state index < -0.39 is 4.92 Å². The fourth-order valence-electron chi connectivity index (χ4n) is 3.42. The van der Waals surface area contributed by atoms with Crippen molar-refractivity contribution in [3.05, 3.63) is 33.9 Å². The number of amides is 1. The number of benzene rings is 1. The van der Waals surface area contributed by atoms with E-state index in [1.165, 1.54) is 18.6 Å². The Labute approximate surface area is 141 Å². The molecule has 1 atom stereocenters. The molecule has 24 heavy (non-hydrogen) atoms. The van der Waals surface area contributed by atoms with Gasteiger partial charge in [0.15, 0.2) is 0 Å². The minimum absolute atomic E-state index is 0.0208. The lowest BCUT2D eigenvalue weighted by Gasteiger charge is -2.28. The van der Waals surface area contributed by atoms with Crippen LogP contribution in [0.3, 0.4) is 0 Å². The molecule has 0 N–H and O–H groups in total. The SMILES string of the molecule is CN(CC(=O)N1CCc2ccc([N+](=O)[O-])cc21)CC1CCCCO1. The number of rotatable bonds is 5. The number of hydrogen-bond donors (Lipinski definition) is 0. The monoisotopic (exact) mass is 333 g/mol. The largest absolute Gasteiger partial charge is 0.377 e. The Hall–Kier alpha value is -1.99. The van der Waals surface area contributed by atoms with Crippen LogP contribution in [0.5, 0.6) is 0 Å². The molecular weight excluding hydrogens is 310 g/mol. The highest BCUT2D eigenvalue weighted by Crippen LogP contribution is 2.31. The van der Waals surface area contributed by atoms with Gasteiger partial charge in [0.05, 0.1) is 23.3 Å². The number of ether oxygens (including phenoxy) is 1. The van der Waals surface area contributed by atoms with Crippen LogP contribution in [0.15, 0.2) is 18.2 Å². The summed E-state index contributed by atoms with van der Waals surface area (Å²) in [7, 11) is 1.92. The number of fused-ring (bicyclic) bond motifs is 1. The summed E-state index contributed by atoms with van der Waals surface area (Å²) < 4.78 is 5.71. The van der Waals surface area contributed by atoms with Gasteiger partial charge in [-0.15, -0.1) is 0 Å². The number of carbonyl (C=O) groups excluding carboxylic acids is 1. The van der Waals surface area contributed by atoms with Crippen molar-refractivity contribution in [3.8, 4) is 0 Å². The zero-order chi connectivity index (χ0) is 17.1. The number of non-ortho nitro benzene ring substituents is 1. The van der Waals surface area contributed by atoms with Gasteiger partial charge in [0.1, 0.15) is 0 Å². The molecule has 0 aliphatic carbocycles. The third-order valence-electron chi connectivity index (χ3n) is 4.67. The molecular formula is C17H23N3O4. The Morgan fingerprint density at radius 3 is 3.00 bits per heavy atom. The van der Waals surface area contributed by atoms with Crippen molar-refractivity contribution in [2.24, 2.45) is 0 Å². The third kappa shape index (κ3) is 3.73. The smallest absolute Gasteiger partial charge is 0.271 e. The Bertz CT molecular complexity index is 628. The summed E-state index contributed by atoms with van der Waals surface area (Å²) in [4.78, 5) is 26.8. The van der Waals surface area contributed by atoms with Crippen molar-refractivity contribution in [1.29, 1.82) is 0 Å². The first-order valence-corrected chi connectivity index (χ1v) is 8.42. The molecule has 2 aliphatic rings. The van der Waals surface area contributed by atoms with E-state index in [-0.39, 0.29) is 17.7 Å². The van der Waals surface area contributed by atoms with Crippen molar-refractivity contribution in [2.45, 2.75) is 31.8 Å². The summed E-state index contributed by atoms with van der Waals surface area (Å²) >= 11 is 0. The number of likely N-dealkylation sites (N-methyl/N-ethyl adjacent to an activating group) is 1. The lowest BCUT2D eigenvalue weighted by molar-refractivity contribution is -0.384. The van der Waals surface area contributed by atoms with Crippen LogP contribution in [0.4, 0.5) is 11.4 Å². The van der Waals surface area contributed by atoms with Crippen LogP contribution in [0, 0.1) is 10.1 Å². The Morgan fingerprint density at radius 1 is 1.46 bits per heavy atom. The van der Waals surface area contributed by atoms with Gasteiger partial charge < -0.3 is 9.64 Å². The highest BCUT2D eigenvalue weighted by molar-refractivity contribution is 5.97. The Morgan fingerprint density at radius 2 is 2.29 bits per heavy atom. The number of carbonyl (C=O) groups is 1. The van der Waals surface area contributed by atoms with Gasteiger partial charge in [-0.05, 0) is 38.3 Å². The van der Waals surface area contributed by atoms with Crippen LogP contribution >= 0.6 is 0 Å². The normalized spacial score (nSPS) is 20.2.